The van der Waals surface area contributed by atoms with Crippen molar-refractivity contribution in [3.05, 3.63) is 17.5 Å². The summed E-state index contributed by atoms with van der Waals surface area (Å²) < 4.78 is 1.73. The smallest absolute Gasteiger partial charge is 0.257 e. The van der Waals surface area contributed by atoms with Gasteiger partial charge in [0.25, 0.3) is 5.91 Å². The number of aliphatic hydroxyl groups excluding tert-OH is 1. The number of carbonyl (C=O) groups is 1. The van der Waals surface area contributed by atoms with Gasteiger partial charge < -0.3 is 10.0 Å². The predicted molar refractivity (Wildman–Crippen MR) is 66.2 cm³/mol. The number of carbonyl (C=O) groups excluding carboxylic acids is 1. The standard InChI is InChI=1S/C13H19N3O2/c1-8-12(7-14-15(8)2)13(18)16-9-3-4-10(16)6-11(17)5-9/h7,9-11,17H,3-6H2,1-2H3. The molecule has 3 rings (SSSR count). The predicted octanol–water partition coefficient (Wildman–Crippen LogP) is 0.856. The first-order chi connectivity index (χ1) is 8.58. The zero-order valence-electron chi connectivity index (χ0n) is 10.8. The minimum Gasteiger partial charge on any atom is -0.393 e. The summed E-state index contributed by atoms with van der Waals surface area (Å²) >= 11 is 0. The van der Waals surface area contributed by atoms with Gasteiger partial charge in [0.15, 0.2) is 0 Å². The highest BCUT2D eigenvalue weighted by molar-refractivity contribution is 5.95. The molecule has 2 saturated heterocycles. The van der Waals surface area contributed by atoms with Gasteiger partial charge >= 0.3 is 0 Å². The third-order valence-electron chi connectivity index (χ3n) is 4.41. The number of hydrogen-bond acceptors (Lipinski definition) is 3. The van der Waals surface area contributed by atoms with Crippen molar-refractivity contribution in [1.29, 1.82) is 0 Å². The maximum absolute atomic E-state index is 12.6. The fraction of sp³-hybridized carbons (Fsp3) is 0.692. The molecule has 2 unspecified atom stereocenters. The fourth-order valence-corrected chi connectivity index (χ4v) is 3.33. The van der Waals surface area contributed by atoms with Gasteiger partial charge in [0, 0.05) is 24.8 Å². The molecular formula is C13H19N3O2. The number of rotatable bonds is 1. The van der Waals surface area contributed by atoms with Gasteiger partial charge in [0.05, 0.1) is 17.9 Å². The van der Waals surface area contributed by atoms with Crippen LogP contribution in [0.25, 0.3) is 0 Å². The van der Waals surface area contributed by atoms with Gasteiger partial charge in [-0.25, -0.2) is 0 Å². The third-order valence-corrected chi connectivity index (χ3v) is 4.41. The minimum atomic E-state index is -0.235. The molecule has 2 fully saturated rings. The van der Waals surface area contributed by atoms with E-state index in [1.807, 2.05) is 18.9 Å². The fourth-order valence-electron chi connectivity index (χ4n) is 3.33. The Morgan fingerprint density at radius 1 is 1.39 bits per heavy atom. The van der Waals surface area contributed by atoms with Gasteiger partial charge in [-0.05, 0) is 32.6 Å². The summed E-state index contributed by atoms with van der Waals surface area (Å²) in [7, 11) is 1.85. The number of amides is 1. The van der Waals surface area contributed by atoms with Crippen molar-refractivity contribution in [1.82, 2.24) is 14.7 Å². The number of nitrogens with zero attached hydrogens (tertiary/aromatic N) is 3. The van der Waals surface area contributed by atoms with Gasteiger partial charge in [0.2, 0.25) is 0 Å². The normalized spacial score (nSPS) is 30.8. The lowest BCUT2D eigenvalue weighted by atomic mass is 9.99. The summed E-state index contributed by atoms with van der Waals surface area (Å²) in [5.74, 6) is 0.0833. The number of aromatic nitrogens is 2. The molecule has 0 saturated carbocycles. The Morgan fingerprint density at radius 3 is 2.50 bits per heavy atom. The lowest BCUT2D eigenvalue weighted by Crippen LogP contribution is -2.48. The highest BCUT2D eigenvalue weighted by Crippen LogP contribution is 2.36. The summed E-state index contributed by atoms with van der Waals surface area (Å²) in [6.45, 7) is 1.92. The van der Waals surface area contributed by atoms with Crippen LogP contribution in [0, 0.1) is 6.92 Å². The lowest BCUT2D eigenvalue weighted by molar-refractivity contribution is 0.0286. The molecule has 3 heterocycles. The van der Waals surface area contributed by atoms with Gasteiger partial charge in [-0.1, -0.05) is 0 Å². The number of piperidine rings is 1. The van der Waals surface area contributed by atoms with E-state index < -0.39 is 0 Å². The number of aryl methyl sites for hydroxylation is 1. The monoisotopic (exact) mass is 249 g/mol. The summed E-state index contributed by atoms with van der Waals surface area (Å²) in [6, 6.07) is 0.428. The van der Waals surface area contributed by atoms with Gasteiger partial charge in [-0.3, -0.25) is 9.48 Å². The zero-order chi connectivity index (χ0) is 12.9. The first kappa shape index (κ1) is 11.7. The zero-order valence-corrected chi connectivity index (χ0v) is 10.8. The van der Waals surface area contributed by atoms with E-state index in [2.05, 4.69) is 5.10 Å². The van der Waals surface area contributed by atoms with E-state index >= 15 is 0 Å². The van der Waals surface area contributed by atoms with Crippen LogP contribution < -0.4 is 0 Å². The molecule has 1 aromatic rings. The van der Waals surface area contributed by atoms with Crippen LogP contribution in [-0.2, 0) is 7.05 Å². The highest BCUT2D eigenvalue weighted by Gasteiger charge is 2.43. The van der Waals surface area contributed by atoms with Crippen molar-refractivity contribution in [3.8, 4) is 0 Å². The molecule has 98 valence electrons. The van der Waals surface area contributed by atoms with E-state index in [1.165, 1.54) is 0 Å². The molecule has 5 heteroatoms. The summed E-state index contributed by atoms with van der Waals surface area (Å²) in [5, 5.41) is 13.9. The maximum Gasteiger partial charge on any atom is 0.257 e. The Bertz CT molecular complexity index is 469. The molecule has 1 N–H and O–H groups in total. The molecule has 2 bridgehead atoms. The largest absolute Gasteiger partial charge is 0.393 e. The molecule has 0 radical (unpaired) electrons. The van der Waals surface area contributed by atoms with Crippen LogP contribution in [0.4, 0.5) is 0 Å². The second-order valence-corrected chi connectivity index (χ2v) is 5.49. The number of hydrogen-bond donors (Lipinski definition) is 1. The van der Waals surface area contributed by atoms with Crippen LogP contribution in [0.2, 0.25) is 0 Å². The summed E-state index contributed by atoms with van der Waals surface area (Å²) in [6.07, 6.45) is 4.91. The highest BCUT2D eigenvalue weighted by atomic mass is 16.3. The lowest BCUT2D eigenvalue weighted by Gasteiger charge is -2.37. The van der Waals surface area contributed by atoms with Crippen molar-refractivity contribution < 1.29 is 9.90 Å². The second kappa shape index (κ2) is 4.09. The first-order valence-electron chi connectivity index (χ1n) is 6.57. The van der Waals surface area contributed by atoms with Gasteiger partial charge in [-0.15, -0.1) is 0 Å². The molecular weight excluding hydrogens is 230 g/mol. The van der Waals surface area contributed by atoms with E-state index in [1.54, 1.807) is 10.9 Å². The molecule has 2 atom stereocenters. The van der Waals surface area contributed by atoms with E-state index in [0.29, 0.717) is 5.56 Å². The third kappa shape index (κ3) is 1.65. The second-order valence-electron chi connectivity index (χ2n) is 5.49. The molecule has 0 aliphatic carbocycles. The quantitative estimate of drug-likeness (QED) is 0.803. The molecule has 0 spiro atoms. The molecule has 18 heavy (non-hydrogen) atoms. The van der Waals surface area contributed by atoms with Crippen LogP contribution in [-0.4, -0.2) is 43.9 Å². The molecule has 1 amide bonds. The molecule has 1 aromatic heterocycles. The van der Waals surface area contributed by atoms with Crippen molar-refractivity contribution in [2.45, 2.75) is 50.8 Å². The number of fused-ring (bicyclic) bond motifs is 2. The molecule has 2 aliphatic heterocycles. The maximum atomic E-state index is 12.6. The van der Waals surface area contributed by atoms with Crippen molar-refractivity contribution in [2.24, 2.45) is 7.05 Å². The Balaban J connectivity index is 1.88. The van der Waals surface area contributed by atoms with E-state index in [-0.39, 0.29) is 24.1 Å². The van der Waals surface area contributed by atoms with Crippen LogP contribution in [0.3, 0.4) is 0 Å². The Morgan fingerprint density at radius 2 is 2.00 bits per heavy atom. The summed E-state index contributed by atoms with van der Waals surface area (Å²) in [4.78, 5) is 14.6. The SMILES string of the molecule is Cc1c(C(=O)N2C3CCC2CC(O)C3)cnn1C. The summed E-state index contributed by atoms with van der Waals surface area (Å²) in [5.41, 5.74) is 1.61. The van der Waals surface area contributed by atoms with E-state index in [0.717, 1.165) is 31.4 Å². The first-order valence-corrected chi connectivity index (χ1v) is 6.57. The Labute approximate surface area is 106 Å². The van der Waals surface area contributed by atoms with Crippen LogP contribution in [0.5, 0.6) is 0 Å². The Kier molecular flexibility index (Phi) is 2.66. The Hall–Kier alpha value is -1.36. The van der Waals surface area contributed by atoms with Crippen LogP contribution in [0.15, 0.2) is 6.20 Å². The average molecular weight is 249 g/mol. The van der Waals surface area contributed by atoms with Crippen LogP contribution >= 0.6 is 0 Å². The van der Waals surface area contributed by atoms with Gasteiger partial charge in [0.1, 0.15) is 0 Å². The van der Waals surface area contributed by atoms with Crippen molar-refractivity contribution >= 4 is 5.91 Å². The van der Waals surface area contributed by atoms with Crippen molar-refractivity contribution in [3.63, 3.8) is 0 Å². The average Bonchev–Trinajstić information content (AvgIpc) is 2.79. The van der Waals surface area contributed by atoms with Gasteiger partial charge in [-0.2, -0.15) is 5.10 Å². The van der Waals surface area contributed by atoms with Crippen LogP contribution in [0.1, 0.15) is 41.7 Å². The topological polar surface area (TPSA) is 58.4 Å². The van der Waals surface area contributed by atoms with Crippen molar-refractivity contribution in [2.75, 3.05) is 0 Å². The van der Waals surface area contributed by atoms with E-state index in [9.17, 15) is 9.90 Å². The number of aliphatic hydroxyl groups is 1. The molecule has 2 aliphatic rings. The minimum absolute atomic E-state index is 0.0833. The molecule has 5 nitrogen and oxygen atoms in total. The van der Waals surface area contributed by atoms with E-state index in [4.69, 9.17) is 0 Å². The molecule has 0 aromatic carbocycles.